The van der Waals surface area contributed by atoms with Crippen LogP contribution in [0, 0.1) is 11.3 Å². The van der Waals surface area contributed by atoms with Gasteiger partial charge in [0.25, 0.3) is 0 Å². The van der Waals surface area contributed by atoms with Gasteiger partial charge in [-0.15, -0.1) is 11.3 Å². The summed E-state index contributed by atoms with van der Waals surface area (Å²) in [4.78, 5) is 25.0. The highest BCUT2D eigenvalue weighted by atomic mass is 32.1. The summed E-state index contributed by atoms with van der Waals surface area (Å²) in [5, 5.41) is 12.7. The maximum Gasteiger partial charge on any atom is 0.142 e. The van der Waals surface area contributed by atoms with Crippen LogP contribution in [-0.4, -0.2) is 32.5 Å². The Hall–Kier alpha value is -2.87. The summed E-state index contributed by atoms with van der Waals surface area (Å²) in [6, 6.07) is 5.81. The third-order valence-corrected chi connectivity index (χ3v) is 5.65. The van der Waals surface area contributed by atoms with Crippen LogP contribution >= 0.6 is 11.3 Å². The normalized spacial score (nSPS) is 13.8. The average Bonchev–Trinajstić information content (AvgIpc) is 3.41. The van der Waals surface area contributed by atoms with E-state index in [4.69, 9.17) is 11.1 Å². The highest BCUT2D eigenvalue weighted by molar-refractivity contribution is 7.18. The van der Waals surface area contributed by atoms with Gasteiger partial charge in [0.1, 0.15) is 28.8 Å². The molecule has 2 aromatic heterocycles. The SMILES string of the molecule is CC(C)Nc1ncnc(N)c1C(=N)c1ccc2nc(CC(=O)C3CC3)sc2c1. The Labute approximate surface area is 166 Å². The Kier molecular flexibility index (Phi) is 4.80. The van der Waals surface area contributed by atoms with Crippen molar-refractivity contribution in [3.63, 3.8) is 0 Å². The van der Waals surface area contributed by atoms with Gasteiger partial charge >= 0.3 is 0 Å². The molecular formula is C20H22N6OS. The van der Waals surface area contributed by atoms with Gasteiger partial charge in [-0.05, 0) is 38.8 Å². The number of benzene rings is 1. The first kappa shape index (κ1) is 18.5. The summed E-state index contributed by atoms with van der Waals surface area (Å²) in [5.74, 6) is 1.34. The van der Waals surface area contributed by atoms with E-state index >= 15 is 0 Å². The third-order valence-electron chi connectivity index (χ3n) is 4.63. The monoisotopic (exact) mass is 394 g/mol. The Bertz CT molecular complexity index is 1070. The van der Waals surface area contributed by atoms with Crippen molar-refractivity contribution in [3.05, 3.63) is 40.7 Å². The van der Waals surface area contributed by atoms with Gasteiger partial charge in [0.05, 0.1) is 27.9 Å². The number of fused-ring (bicyclic) bond motifs is 1. The fraction of sp³-hybridized carbons (Fsp3) is 0.350. The molecule has 1 aliphatic carbocycles. The molecule has 0 spiro atoms. The molecule has 4 rings (SSSR count). The van der Waals surface area contributed by atoms with Gasteiger partial charge in [-0.1, -0.05) is 6.07 Å². The number of carbonyl (C=O) groups excluding carboxylic acids is 1. The smallest absolute Gasteiger partial charge is 0.142 e. The lowest BCUT2D eigenvalue weighted by molar-refractivity contribution is -0.119. The van der Waals surface area contributed by atoms with Gasteiger partial charge in [0, 0.05) is 17.5 Å². The maximum absolute atomic E-state index is 12.1. The predicted octanol–water partition coefficient (Wildman–Crippen LogP) is 3.43. The predicted molar refractivity (Wildman–Crippen MR) is 112 cm³/mol. The average molecular weight is 395 g/mol. The molecule has 2 heterocycles. The third kappa shape index (κ3) is 3.73. The molecule has 0 unspecified atom stereocenters. The van der Waals surface area contributed by atoms with Crippen molar-refractivity contribution in [2.45, 2.75) is 39.2 Å². The van der Waals surface area contributed by atoms with Gasteiger partial charge in [-0.3, -0.25) is 10.2 Å². The zero-order valence-electron chi connectivity index (χ0n) is 15.8. The molecule has 1 aromatic carbocycles. The Morgan fingerprint density at radius 3 is 2.86 bits per heavy atom. The van der Waals surface area contributed by atoms with E-state index in [-0.39, 0.29) is 29.3 Å². The van der Waals surface area contributed by atoms with E-state index in [9.17, 15) is 4.79 Å². The van der Waals surface area contributed by atoms with Crippen molar-refractivity contribution < 1.29 is 4.79 Å². The molecule has 1 fully saturated rings. The molecule has 1 aliphatic rings. The van der Waals surface area contributed by atoms with Crippen LogP contribution in [0.3, 0.4) is 0 Å². The molecule has 144 valence electrons. The first-order valence-electron chi connectivity index (χ1n) is 9.31. The number of nitrogens with zero attached hydrogens (tertiary/aromatic N) is 3. The quantitative estimate of drug-likeness (QED) is 0.529. The molecule has 1 saturated carbocycles. The van der Waals surface area contributed by atoms with Gasteiger partial charge < -0.3 is 11.1 Å². The fourth-order valence-corrected chi connectivity index (χ4v) is 4.09. The number of ketones is 1. The minimum absolute atomic E-state index is 0.149. The van der Waals surface area contributed by atoms with Crippen LogP contribution in [0.1, 0.15) is 42.8 Å². The van der Waals surface area contributed by atoms with E-state index in [0.29, 0.717) is 23.4 Å². The molecule has 7 nitrogen and oxygen atoms in total. The number of hydrogen-bond acceptors (Lipinski definition) is 8. The van der Waals surface area contributed by atoms with Gasteiger partial charge in [-0.2, -0.15) is 0 Å². The molecule has 0 aliphatic heterocycles. The van der Waals surface area contributed by atoms with Crippen molar-refractivity contribution >= 4 is 44.7 Å². The van der Waals surface area contributed by atoms with Crippen LogP contribution in [-0.2, 0) is 11.2 Å². The molecule has 4 N–H and O–H groups in total. The lowest BCUT2D eigenvalue weighted by atomic mass is 10.0. The second-order valence-corrected chi connectivity index (χ2v) is 8.48. The summed E-state index contributed by atoms with van der Waals surface area (Å²) in [7, 11) is 0. The largest absolute Gasteiger partial charge is 0.383 e. The van der Waals surface area contributed by atoms with Gasteiger partial charge in [0.2, 0.25) is 0 Å². The summed E-state index contributed by atoms with van der Waals surface area (Å²) in [6.07, 6.45) is 3.82. The van der Waals surface area contributed by atoms with Crippen molar-refractivity contribution in [3.8, 4) is 0 Å². The van der Waals surface area contributed by atoms with Crippen LogP contribution in [0.15, 0.2) is 24.5 Å². The van der Waals surface area contributed by atoms with Gasteiger partial charge in [-0.25, -0.2) is 15.0 Å². The van der Waals surface area contributed by atoms with Crippen molar-refractivity contribution in [2.24, 2.45) is 5.92 Å². The molecule has 0 amide bonds. The maximum atomic E-state index is 12.1. The number of nitrogens with one attached hydrogen (secondary N) is 2. The summed E-state index contributed by atoms with van der Waals surface area (Å²) >= 11 is 1.51. The highest BCUT2D eigenvalue weighted by Crippen LogP contribution is 2.32. The second-order valence-electron chi connectivity index (χ2n) is 7.36. The second kappa shape index (κ2) is 7.27. The molecule has 0 atom stereocenters. The van der Waals surface area contributed by atoms with E-state index in [1.165, 1.54) is 17.7 Å². The van der Waals surface area contributed by atoms with E-state index in [1.807, 2.05) is 32.0 Å². The summed E-state index contributed by atoms with van der Waals surface area (Å²) in [6.45, 7) is 4.00. The molecule has 0 saturated heterocycles. The number of nitrogen functional groups attached to an aromatic ring is 1. The van der Waals surface area contributed by atoms with Crippen LogP contribution in [0.25, 0.3) is 10.2 Å². The van der Waals surface area contributed by atoms with Crippen molar-refractivity contribution in [2.75, 3.05) is 11.1 Å². The van der Waals surface area contributed by atoms with Crippen molar-refractivity contribution in [1.29, 1.82) is 5.41 Å². The molecule has 0 radical (unpaired) electrons. The minimum Gasteiger partial charge on any atom is -0.383 e. The highest BCUT2D eigenvalue weighted by Gasteiger charge is 2.29. The molecule has 8 heteroatoms. The standard InChI is InChI=1S/C20H22N6OS/c1-10(2)25-20-17(19(22)23-9-24-20)18(21)12-5-6-13-15(7-12)28-16(26-13)8-14(27)11-3-4-11/h5-7,9-11,21H,3-4,8H2,1-2H3,(H3,22,23,24,25). The number of nitrogens with two attached hydrogens (primary N) is 1. The van der Waals surface area contributed by atoms with Crippen LogP contribution < -0.4 is 11.1 Å². The number of anilines is 2. The van der Waals surface area contributed by atoms with Crippen molar-refractivity contribution in [1.82, 2.24) is 15.0 Å². The Balaban J connectivity index is 1.65. The minimum atomic E-state index is 0.149. The van der Waals surface area contributed by atoms with Gasteiger partial charge in [0.15, 0.2) is 0 Å². The lowest BCUT2D eigenvalue weighted by Crippen LogP contribution is -2.17. The first-order valence-corrected chi connectivity index (χ1v) is 10.1. The Morgan fingerprint density at radius 1 is 1.36 bits per heavy atom. The zero-order valence-corrected chi connectivity index (χ0v) is 16.6. The molecule has 3 aromatic rings. The molecule has 28 heavy (non-hydrogen) atoms. The number of Topliss-reactive ketones (excluding diaryl/α,β-unsaturated/α-hetero) is 1. The number of thiazole rings is 1. The van der Waals surface area contributed by atoms with Crippen LogP contribution in [0.2, 0.25) is 0 Å². The van der Waals surface area contributed by atoms with Crippen LogP contribution in [0.5, 0.6) is 0 Å². The first-order chi connectivity index (χ1) is 13.4. The number of hydrogen-bond donors (Lipinski definition) is 3. The summed E-state index contributed by atoms with van der Waals surface area (Å²) in [5.41, 5.74) is 8.37. The fourth-order valence-electron chi connectivity index (χ4n) is 3.08. The zero-order chi connectivity index (χ0) is 19.8. The topological polar surface area (TPSA) is 118 Å². The lowest BCUT2D eigenvalue weighted by Gasteiger charge is -2.15. The van der Waals surface area contributed by atoms with Crippen LogP contribution in [0.4, 0.5) is 11.6 Å². The van der Waals surface area contributed by atoms with E-state index < -0.39 is 0 Å². The number of rotatable bonds is 7. The number of carbonyl (C=O) groups is 1. The number of aromatic nitrogens is 3. The van der Waals surface area contributed by atoms with E-state index in [0.717, 1.165) is 28.1 Å². The van der Waals surface area contributed by atoms with E-state index in [1.54, 1.807) is 0 Å². The van der Waals surface area contributed by atoms with E-state index in [2.05, 4.69) is 20.3 Å². The molecular weight excluding hydrogens is 372 g/mol. The molecule has 0 bridgehead atoms. The summed E-state index contributed by atoms with van der Waals surface area (Å²) < 4.78 is 0.953. The Morgan fingerprint density at radius 2 is 2.14 bits per heavy atom.